The standard InChI is InChI=1S/C32H60N4O/c1-6-10-15-28(8-3)22-35-25-32(5,26-36(27-35)23-29(9-4)16-11-7-2)34-20-19-33-31(24-37)21-30-17-13-12-14-18-30/h12-14,17-18,28-29,31,33-34,37H,6-11,15-16,19-27H2,1-5H3/t28?,29?,31-,32?/m0/s1. The van der Waals surface area contributed by atoms with Crippen LogP contribution in [0.4, 0.5) is 0 Å². The van der Waals surface area contributed by atoms with Gasteiger partial charge in [-0.15, -0.1) is 0 Å². The Hall–Kier alpha value is -0.980. The Labute approximate surface area is 229 Å². The molecular weight excluding hydrogens is 456 g/mol. The summed E-state index contributed by atoms with van der Waals surface area (Å²) >= 11 is 0. The fourth-order valence-electron chi connectivity index (χ4n) is 6.08. The van der Waals surface area contributed by atoms with Gasteiger partial charge in [-0.25, -0.2) is 0 Å². The molecule has 3 atom stereocenters. The molecule has 1 aromatic carbocycles. The zero-order valence-corrected chi connectivity index (χ0v) is 25.0. The van der Waals surface area contributed by atoms with Crippen LogP contribution in [-0.2, 0) is 6.42 Å². The predicted molar refractivity (Wildman–Crippen MR) is 160 cm³/mol. The third-order valence-corrected chi connectivity index (χ3v) is 8.32. The number of rotatable bonds is 20. The van der Waals surface area contributed by atoms with Gasteiger partial charge in [-0.2, -0.15) is 0 Å². The lowest BCUT2D eigenvalue weighted by Gasteiger charge is -2.48. The molecule has 0 saturated carbocycles. The van der Waals surface area contributed by atoms with Gasteiger partial charge in [0.2, 0.25) is 0 Å². The van der Waals surface area contributed by atoms with E-state index in [1.807, 2.05) is 6.07 Å². The summed E-state index contributed by atoms with van der Waals surface area (Å²) in [5, 5.41) is 17.4. The molecule has 2 unspecified atom stereocenters. The van der Waals surface area contributed by atoms with Crippen LogP contribution < -0.4 is 10.6 Å². The molecule has 2 rings (SSSR count). The lowest BCUT2D eigenvalue weighted by molar-refractivity contribution is 0.00511. The van der Waals surface area contributed by atoms with Gasteiger partial charge in [0.25, 0.3) is 0 Å². The minimum absolute atomic E-state index is 0.0835. The summed E-state index contributed by atoms with van der Waals surface area (Å²) in [5.74, 6) is 1.60. The second kappa shape index (κ2) is 18.3. The van der Waals surface area contributed by atoms with Crippen LogP contribution in [0.15, 0.2) is 30.3 Å². The molecule has 5 heteroatoms. The largest absolute Gasteiger partial charge is 0.395 e. The van der Waals surface area contributed by atoms with E-state index >= 15 is 0 Å². The van der Waals surface area contributed by atoms with Gasteiger partial charge in [0.15, 0.2) is 0 Å². The summed E-state index contributed by atoms with van der Waals surface area (Å²) in [6, 6.07) is 10.6. The average Bonchev–Trinajstić information content (AvgIpc) is 2.90. The maximum Gasteiger partial charge on any atom is 0.0587 e. The maximum absolute atomic E-state index is 9.90. The number of nitrogens with zero attached hydrogens (tertiary/aromatic N) is 2. The molecular formula is C32H60N4O. The summed E-state index contributed by atoms with van der Waals surface area (Å²) < 4.78 is 0. The third-order valence-electron chi connectivity index (χ3n) is 8.32. The van der Waals surface area contributed by atoms with E-state index in [4.69, 9.17) is 0 Å². The number of unbranched alkanes of at least 4 members (excludes halogenated alkanes) is 2. The van der Waals surface area contributed by atoms with Crippen molar-refractivity contribution >= 4 is 0 Å². The van der Waals surface area contributed by atoms with Crippen molar-refractivity contribution in [2.75, 3.05) is 52.5 Å². The molecule has 0 spiro atoms. The Balaban J connectivity index is 1.95. The van der Waals surface area contributed by atoms with Crippen LogP contribution in [0.5, 0.6) is 0 Å². The zero-order chi connectivity index (χ0) is 26.9. The van der Waals surface area contributed by atoms with Gasteiger partial charge < -0.3 is 15.7 Å². The fourth-order valence-corrected chi connectivity index (χ4v) is 6.08. The van der Waals surface area contributed by atoms with Crippen molar-refractivity contribution in [1.29, 1.82) is 0 Å². The lowest BCUT2D eigenvalue weighted by atomic mass is 9.93. The van der Waals surface area contributed by atoms with Gasteiger partial charge in [0.05, 0.1) is 13.3 Å². The van der Waals surface area contributed by atoms with Crippen LogP contribution in [0.2, 0.25) is 0 Å². The van der Waals surface area contributed by atoms with Gasteiger partial charge in [-0.1, -0.05) is 96.6 Å². The van der Waals surface area contributed by atoms with E-state index in [-0.39, 0.29) is 18.2 Å². The molecule has 214 valence electrons. The normalized spacial score (nSPS) is 21.7. The number of benzene rings is 1. The summed E-state index contributed by atoms with van der Waals surface area (Å²) in [4.78, 5) is 5.48. The summed E-state index contributed by atoms with van der Waals surface area (Å²) in [7, 11) is 0. The minimum atomic E-state index is 0.0835. The highest BCUT2D eigenvalue weighted by Gasteiger charge is 2.35. The van der Waals surface area contributed by atoms with Crippen LogP contribution in [-0.4, -0.2) is 79.0 Å². The first-order valence-corrected chi connectivity index (χ1v) is 15.5. The first-order chi connectivity index (χ1) is 17.9. The first kappa shape index (κ1) is 32.2. The molecule has 1 fully saturated rings. The highest BCUT2D eigenvalue weighted by Crippen LogP contribution is 2.23. The van der Waals surface area contributed by atoms with E-state index in [2.05, 4.69) is 79.3 Å². The van der Waals surface area contributed by atoms with Gasteiger partial charge in [-0.3, -0.25) is 9.80 Å². The average molecular weight is 517 g/mol. The Morgan fingerprint density at radius 1 is 0.865 bits per heavy atom. The summed E-state index contributed by atoms with van der Waals surface area (Å²) in [6.45, 7) is 19.5. The molecule has 0 bridgehead atoms. The van der Waals surface area contributed by atoms with E-state index in [9.17, 15) is 5.11 Å². The van der Waals surface area contributed by atoms with E-state index < -0.39 is 0 Å². The molecule has 5 nitrogen and oxygen atoms in total. The van der Waals surface area contributed by atoms with Crippen molar-refractivity contribution < 1.29 is 5.11 Å². The van der Waals surface area contributed by atoms with Gasteiger partial charge >= 0.3 is 0 Å². The highest BCUT2D eigenvalue weighted by molar-refractivity contribution is 5.15. The second-order valence-corrected chi connectivity index (χ2v) is 12.0. The number of nitrogens with one attached hydrogen (secondary N) is 2. The minimum Gasteiger partial charge on any atom is -0.395 e. The number of aliphatic hydroxyl groups excluding tert-OH is 1. The molecule has 1 saturated heterocycles. The van der Waals surface area contributed by atoms with Crippen molar-refractivity contribution in [2.45, 2.75) is 104 Å². The summed E-state index contributed by atoms with van der Waals surface area (Å²) in [5.41, 5.74) is 1.36. The number of hydrogen-bond donors (Lipinski definition) is 3. The third kappa shape index (κ3) is 12.6. The SMILES string of the molecule is CCCCC(CC)CN1CN(CC(CC)CCCC)CC(C)(NCCN[C@H](CO)Cc2ccccc2)C1. The number of aliphatic hydroxyl groups is 1. The second-order valence-electron chi connectivity index (χ2n) is 12.0. The molecule has 0 radical (unpaired) electrons. The monoisotopic (exact) mass is 516 g/mol. The Bertz CT molecular complexity index is 659. The molecule has 0 aromatic heterocycles. The van der Waals surface area contributed by atoms with Gasteiger partial charge in [0.1, 0.15) is 0 Å². The molecule has 1 aliphatic rings. The van der Waals surface area contributed by atoms with Crippen LogP contribution in [0.1, 0.15) is 91.5 Å². The van der Waals surface area contributed by atoms with Crippen molar-refractivity contribution in [3.8, 4) is 0 Å². The highest BCUT2D eigenvalue weighted by atomic mass is 16.3. The molecule has 1 aromatic rings. The predicted octanol–water partition coefficient (Wildman–Crippen LogP) is 5.54. The molecule has 1 heterocycles. The lowest BCUT2D eigenvalue weighted by Crippen LogP contribution is -2.65. The van der Waals surface area contributed by atoms with E-state index in [1.165, 1.54) is 70.0 Å². The van der Waals surface area contributed by atoms with Crippen LogP contribution in [0.3, 0.4) is 0 Å². The molecule has 0 aliphatic carbocycles. The van der Waals surface area contributed by atoms with E-state index in [1.54, 1.807) is 0 Å². The van der Waals surface area contributed by atoms with Crippen LogP contribution >= 0.6 is 0 Å². The molecule has 37 heavy (non-hydrogen) atoms. The molecule has 1 aliphatic heterocycles. The van der Waals surface area contributed by atoms with Crippen LogP contribution in [0, 0.1) is 11.8 Å². The van der Waals surface area contributed by atoms with Crippen LogP contribution in [0.25, 0.3) is 0 Å². The van der Waals surface area contributed by atoms with Crippen molar-refractivity contribution in [2.24, 2.45) is 11.8 Å². The zero-order valence-electron chi connectivity index (χ0n) is 25.0. The fraction of sp³-hybridized carbons (Fsp3) is 0.812. The smallest absolute Gasteiger partial charge is 0.0587 e. The quantitative estimate of drug-likeness (QED) is 0.199. The van der Waals surface area contributed by atoms with Gasteiger partial charge in [0, 0.05) is 50.8 Å². The Morgan fingerprint density at radius 2 is 1.43 bits per heavy atom. The topological polar surface area (TPSA) is 50.8 Å². The maximum atomic E-state index is 9.90. The molecule has 0 amide bonds. The van der Waals surface area contributed by atoms with E-state index in [0.29, 0.717) is 0 Å². The van der Waals surface area contributed by atoms with Crippen molar-refractivity contribution in [3.05, 3.63) is 35.9 Å². The van der Waals surface area contributed by atoms with E-state index in [0.717, 1.165) is 51.1 Å². The Morgan fingerprint density at radius 3 is 1.92 bits per heavy atom. The van der Waals surface area contributed by atoms with Crippen molar-refractivity contribution in [3.63, 3.8) is 0 Å². The molecule has 3 N–H and O–H groups in total. The Kier molecular flexibility index (Phi) is 16.0. The van der Waals surface area contributed by atoms with Crippen molar-refractivity contribution in [1.82, 2.24) is 20.4 Å². The summed E-state index contributed by atoms with van der Waals surface area (Å²) in [6.07, 6.45) is 11.4. The number of hydrogen-bond acceptors (Lipinski definition) is 5. The first-order valence-electron chi connectivity index (χ1n) is 15.5. The van der Waals surface area contributed by atoms with Gasteiger partial charge in [-0.05, 0) is 43.6 Å².